The van der Waals surface area contributed by atoms with Crippen LogP contribution in [0.3, 0.4) is 0 Å². The molecule has 57 heavy (non-hydrogen) atoms. The lowest BCUT2D eigenvalue weighted by Gasteiger charge is -2.18. The monoisotopic (exact) mass is 787 g/mol. The molecule has 318 valence electrons. The third-order valence-corrected chi connectivity index (χ3v) is 8.63. The Bertz CT molecular complexity index is 1270. The summed E-state index contributed by atoms with van der Waals surface area (Å²) in [6.45, 7) is 6.12. The van der Waals surface area contributed by atoms with E-state index in [1.54, 1.807) is 0 Å². The average molecular weight is 787 g/mol. The minimum absolute atomic E-state index is 0.119. The zero-order chi connectivity index (χ0) is 41.5. The predicted molar refractivity (Wildman–Crippen MR) is 242 cm³/mol. The highest BCUT2D eigenvalue weighted by atomic mass is 16.6. The second kappa shape index (κ2) is 44.5. The van der Waals surface area contributed by atoms with E-state index < -0.39 is 6.10 Å². The van der Waals surface area contributed by atoms with Gasteiger partial charge in [-0.2, -0.15) is 0 Å². The van der Waals surface area contributed by atoms with Gasteiger partial charge in [0.05, 0.1) is 0 Å². The lowest BCUT2D eigenvalue weighted by atomic mass is 10.1. The molecule has 0 radical (unpaired) electrons. The number of allylic oxidation sites excluding steroid dienone is 20. The maximum atomic E-state index is 12.7. The Kier molecular flexibility index (Phi) is 41.3. The van der Waals surface area contributed by atoms with Gasteiger partial charge in [0.25, 0.3) is 0 Å². The number of esters is 3. The van der Waals surface area contributed by atoms with E-state index in [1.165, 1.54) is 19.3 Å². The molecule has 0 fully saturated rings. The summed E-state index contributed by atoms with van der Waals surface area (Å²) in [6.07, 6.45) is 60.5. The molecular formula is C51H78O6. The summed E-state index contributed by atoms with van der Waals surface area (Å²) in [4.78, 5) is 37.7. The molecule has 0 rings (SSSR count). The van der Waals surface area contributed by atoms with Gasteiger partial charge in [0.15, 0.2) is 6.10 Å². The average Bonchev–Trinajstić information content (AvgIpc) is 3.21. The van der Waals surface area contributed by atoms with Gasteiger partial charge in [0, 0.05) is 19.3 Å². The molecule has 0 saturated heterocycles. The fourth-order valence-corrected chi connectivity index (χ4v) is 5.38. The van der Waals surface area contributed by atoms with Crippen LogP contribution >= 0.6 is 0 Å². The Morgan fingerprint density at radius 3 is 1.23 bits per heavy atom. The number of unbranched alkanes of at least 4 members (excludes halogenated alkanes) is 12. The third kappa shape index (κ3) is 42.8. The summed E-state index contributed by atoms with van der Waals surface area (Å²) >= 11 is 0. The number of rotatable bonds is 37. The molecular weight excluding hydrogens is 709 g/mol. The van der Waals surface area contributed by atoms with E-state index >= 15 is 0 Å². The predicted octanol–water partition coefficient (Wildman–Crippen LogP) is 14.2. The van der Waals surface area contributed by atoms with E-state index in [0.717, 1.165) is 103 Å². The van der Waals surface area contributed by atoms with Gasteiger partial charge in [-0.15, -0.1) is 0 Å². The van der Waals surface area contributed by atoms with Gasteiger partial charge in [0.2, 0.25) is 0 Å². The Labute approximate surface area is 348 Å². The van der Waals surface area contributed by atoms with Gasteiger partial charge in [-0.1, -0.05) is 181 Å². The van der Waals surface area contributed by atoms with E-state index in [0.29, 0.717) is 19.3 Å². The first-order chi connectivity index (χ1) is 28.0. The quantitative estimate of drug-likeness (QED) is 0.0205. The first kappa shape index (κ1) is 52.8. The summed E-state index contributed by atoms with van der Waals surface area (Å²) in [7, 11) is 0. The van der Waals surface area contributed by atoms with Crippen molar-refractivity contribution in [1.82, 2.24) is 0 Å². The molecule has 6 nitrogen and oxygen atoms in total. The molecule has 0 spiro atoms. The lowest BCUT2D eigenvalue weighted by Crippen LogP contribution is -2.30. The Hall–Kier alpha value is -4.19. The number of ether oxygens (including phenoxy) is 3. The molecule has 0 aromatic rings. The highest BCUT2D eigenvalue weighted by Crippen LogP contribution is 2.12. The van der Waals surface area contributed by atoms with Gasteiger partial charge in [-0.25, -0.2) is 0 Å². The number of hydrogen-bond acceptors (Lipinski definition) is 6. The molecule has 0 aromatic heterocycles. The molecule has 0 N–H and O–H groups in total. The van der Waals surface area contributed by atoms with E-state index in [9.17, 15) is 14.4 Å². The second-order valence-electron chi connectivity index (χ2n) is 14.0. The van der Waals surface area contributed by atoms with Crippen molar-refractivity contribution in [1.29, 1.82) is 0 Å². The Morgan fingerprint density at radius 1 is 0.368 bits per heavy atom. The van der Waals surface area contributed by atoms with Gasteiger partial charge >= 0.3 is 17.9 Å². The van der Waals surface area contributed by atoms with Crippen molar-refractivity contribution in [2.45, 2.75) is 168 Å². The molecule has 0 heterocycles. The van der Waals surface area contributed by atoms with Crippen LogP contribution in [0.5, 0.6) is 0 Å². The first-order valence-electron chi connectivity index (χ1n) is 22.1. The van der Waals surface area contributed by atoms with Crippen LogP contribution in [0, 0.1) is 0 Å². The molecule has 0 amide bonds. The molecule has 1 unspecified atom stereocenters. The second-order valence-corrected chi connectivity index (χ2v) is 14.0. The van der Waals surface area contributed by atoms with Crippen LogP contribution in [0.4, 0.5) is 0 Å². The molecule has 1 atom stereocenters. The number of carbonyl (C=O) groups is 3. The summed E-state index contributed by atoms with van der Waals surface area (Å²) in [6, 6.07) is 0. The van der Waals surface area contributed by atoms with Gasteiger partial charge in [-0.05, 0) is 83.5 Å². The highest BCUT2D eigenvalue weighted by Gasteiger charge is 2.19. The summed E-state index contributed by atoms with van der Waals surface area (Å²) in [5, 5.41) is 0. The van der Waals surface area contributed by atoms with Crippen LogP contribution in [0.15, 0.2) is 122 Å². The summed E-state index contributed by atoms with van der Waals surface area (Å²) in [5.74, 6) is -1.02. The van der Waals surface area contributed by atoms with Crippen molar-refractivity contribution >= 4 is 17.9 Å². The zero-order valence-electron chi connectivity index (χ0n) is 36.0. The van der Waals surface area contributed by atoms with Crippen LogP contribution in [-0.2, 0) is 28.6 Å². The van der Waals surface area contributed by atoms with E-state index in [2.05, 4.69) is 93.7 Å². The maximum absolute atomic E-state index is 12.7. The smallest absolute Gasteiger partial charge is 0.306 e. The fourth-order valence-electron chi connectivity index (χ4n) is 5.38. The van der Waals surface area contributed by atoms with E-state index in [1.807, 2.05) is 48.6 Å². The van der Waals surface area contributed by atoms with Crippen LogP contribution in [0.2, 0.25) is 0 Å². The van der Waals surface area contributed by atoms with Crippen LogP contribution < -0.4 is 0 Å². The molecule has 0 aliphatic carbocycles. The molecule has 0 aliphatic rings. The Balaban J connectivity index is 4.52. The van der Waals surface area contributed by atoms with Crippen LogP contribution in [0.1, 0.15) is 162 Å². The number of hydrogen-bond donors (Lipinski definition) is 0. The van der Waals surface area contributed by atoms with Crippen molar-refractivity contribution in [3.8, 4) is 0 Å². The minimum Gasteiger partial charge on any atom is -0.462 e. The van der Waals surface area contributed by atoms with Crippen molar-refractivity contribution in [3.05, 3.63) is 122 Å². The van der Waals surface area contributed by atoms with Crippen LogP contribution in [-0.4, -0.2) is 37.2 Å². The standard InChI is InChI=1S/C51H78O6/c1-4-7-10-13-16-19-21-23-25-27-29-32-35-38-41-44-50(53)56-47-48(46-55-49(52)43-40-37-34-31-18-15-12-9-6-3)57-51(54)45-42-39-36-33-30-28-26-24-22-20-17-14-11-8-5-2/h7-14,16-23,25,27,29,31,48H,4-6,15,24,26,28,30,32-47H2,1-3H3/b10-7-,11-8-,12-9-,16-13-,17-14-,21-19-,22-20-,25-23-,29-27-,31-18-. The topological polar surface area (TPSA) is 78.9 Å². The fraction of sp³-hybridized carbons (Fsp3) is 0.549. The lowest BCUT2D eigenvalue weighted by molar-refractivity contribution is -0.167. The van der Waals surface area contributed by atoms with E-state index in [-0.39, 0.29) is 31.1 Å². The van der Waals surface area contributed by atoms with Crippen molar-refractivity contribution in [2.24, 2.45) is 0 Å². The van der Waals surface area contributed by atoms with Crippen molar-refractivity contribution < 1.29 is 28.6 Å². The molecule has 0 aromatic carbocycles. The first-order valence-corrected chi connectivity index (χ1v) is 22.1. The summed E-state index contributed by atoms with van der Waals surface area (Å²) < 4.78 is 16.6. The van der Waals surface area contributed by atoms with Gasteiger partial charge in [0.1, 0.15) is 13.2 Å². The normalized spacial score (nSPS) is 13.2. The molecule has 0 bridgehead atoms. The number of carbonyl (C=O) groups excluding carboxylic acids is 3. The largest absolute Gasteiger partial charge is 0.462 e. The third-order valence-electron chi connectivity index (χ3n) is 8.63. The summed E-state index contributed by atoms with van der Waals surface area (Å²) in [5.41, 5.74) is 0. The van der Waals surface area contributed by atoms with Crippen molar-refractivity contribution in [3.63, 3.8) is 0 Å². The van der Waals surface area contributed by atoms with Gasteiger partial charge < -0.3 is 14.2 Å². The SMILES string of the molecule is CC\C=C/C=C\C=C/C=C\C=C/CCCCCC(=O)OCC(COC(=O)CCCC/C=C\C/C=C\CC)OC(=O)CCCCCCCCC\C=C/C=C\C=C/CC. The Morgan fingerprint density at radius 2 is 0.719 bits per heavy atom. The zero-order valence-corrected chi connectivity index (χ0v) is 36.0. The minimum atomic E-state index is -0.816. The highest BCUT2D eigenvalue weighted by molar-refractivity contribution is 5.71. The van der Waals surface area contributed by atoms with Crippen LogP contribution in [0.25, 0.3) is 0 Å². The maximum Gasteiger partial charge on any atom is 0.306 e. The van der Waals surface area contributed by atoms with Gasteiger partial charge in [-0.3, -0.25) is 14.4 Å². The van der Waals surface area contributed by atoms with Crippen molar-refractivity contribution in [2.75, 3.05) is 13.2 Å². The molecule has 0 aliphatic heterocycles. The molecule has 6 heteroatoms. The van der Waals surface area contributed by atoms with E-state index in [4.69, 9.17) is 14.2 Å². The molecule has 0 saturated carbocycles.